The highest BCUT2D eigenvalue weighted by Crippen LogP contribution is 2.38. The van der Waals surface area contributed by atoms with Crippen molar-refractivity contribution in [2.24, 2.45) is 5.92 Å². The van der Waals surface area contributed by atoms with E-state index >= 15 is 0 Å². The molecule has 28 heavy (non-hydrogen) atoms. The van der Waals surface area contributed by atoms with Gasteiger partial charge in [0.1, 0.15) is 12.1 Å². The van der Waals surface area contributed by atoms with Gasteiger partial charge in [0.05, 0.1) is 23.4 Å². The molecule has 0 saturated heterocycles. The minimum atomic E-state index is -0.281. The van der Waals surface area contributed by atoms with Crippen LogP contribution in [0.3, 0.4) is 0 Å². The minimum absolute atomic E-state index is 0.148. The maximum Gasteiger partial charge on any atom is 0.222 e. The number of halogens is 1. The summed E-state index contributed by atoms with van der Waals surface area (Å²) in [5.74, 6) is 0.395. The predicted octanol–water partition coefficient (Wildman–Crippen LogP) is 4.12. The number of rotatable bonds is 5. The number of anilines is 1. The summed E-state index contributed by atoms with van der Waals surface area (Å²) in [5, 5.41) is 2.97. The number of benzene rings is 1. The first-order chi connectivity index (χ1) is 13.7. The Morgan fingerprint density at radius 2 is 1.86 bits per heavy atom. The number of imidazole rings is 1. The van der Waals surface area contributed by atoms with Gasteiger partial charge in [-0.1, -0.05) is 0 Å². The van der Waals surface area contributed by atoms with Gasteiger partial charge in [0.25, 0.3) is 0 Å². The van der Waals surface area contributed by atoms with Crippen LogP contribution in [0.5, 0.6) is 0 Å². The molecule has 0 aliphatic heterocycles. The number of nitrogens with zero attached hydrogens (tertiary/aromatic N) is 4. The number of hydrogen-bond acceptors (Lipinski definition) is 5. The van der Waals surface area contributed by atoms with Crippen molar-refractivity contribution in [3.63, 3.8) is 0 Å². The Hall–Kier alpha value is -3.09. The summed E-state index contributed by atoms with van der Waals surface area (Å²) in [7, 11) is 1.78. The first-order valence-electron chi connectivity index (χ1n) is 9.49. The lowest BCUT2D eigenvalue weighted by molar-refractivity contribution is -0.112. The Bertz CT molecular complexity index is 961. The van der Waals surface area contributed by atoms with Crippen molar-refractivity contribution in [3.05, 3.63) is 48.7 Å². The maximum atomic E-state index is 13.4. The van der Waals surface area contributed by atoms with Crippen LogP contribution in [-0.2, 0) is 4.79 Å². The molecule has 1 aliphatic rings. The average Bonchev–Trinajstić information content (AvgIpc) is 3.19. The zero-order chi connectivity index (χ0) is 19.5. The van der Waals surface area contributed by atoms with Crippen molar-refractivity contribution in [1.82, 2.24) is 19.5 Å². The molecule has 7 heteroatoms. The molecule has 0 radical (unpaired) electrons. The fraction of sp³-hybridized carbons (Fsp3) is 0.333. The molecule has 1 N–H and O–H groups in total. The quantitative estimate of drug-likeness (QED) is 0.675. The topological polar surface area (TPSA) is 72.7 Å². The third kappa shape index (κ3) is 3.52. The molecule has 1 aliphatic carbocycles. The van der Waals surface area contributed by atoms with E-state index in [0.717, 1.165) is 54.6 Å². The Balaban J connectivity index is 1.80. The number of carbonyl (C=O) groups is 1. The van der Waals surface area contributed by atoms with E-state index in [1.807, 2.05) is 12.4 Å². The highest BCUT2D eigenvalue weighted by Gasteiger charge is 2.26. The molecular weight excluding hydrogens is 357 g/mol. The molecule has 2 heterocycles. The molecule has 3 aromatic rings. The van der Waals surface area contributed by atoms with Crippen molar-refractivity contribution >= 4 is 12.2 Å². The molecule has 1 aromatic carbocycles. The number of aldehydes is 1. The van der Waals surface area contributed by atoms with Crippen LogP contribution in [0.15, 0.2) is 42.9 Å². The van der Waals surface area contributed by atoms with E-state index in [0.29, 0.717) is 5.95 Å². The molecule has 0 atom stereocenters. The van der Waals surface area contributed by atoms with Gasteiger partial charge in [-0.2, -0.15) is 0 Å². The fourth-order valence-electron chi connectivity index (χ4n) is 3.84. The van der Waals surface area contributed by atoms with Crippen LogP contribution in [0.2, 0.25) is 0 Å². The molecule has 1 fully saturated rings. The van der Waals surface area contributed by atoms with Gasteiger partial charge in [-0.25, -0.2) is 19.3 Å². The smallest absolute Gasteiger partial charge is 0.222 e. The van der Waals surface area contributed by atoms with E-state index in [-0.39, 0.29) is 17.8 Å². The van der Waals surface area contributed by atoms with Gasteiger partial charge in [0, 0.05) is 30.8 Å². The van der Waals surface area contributed by atoms with Crippen molar-refractivity contribution in [3.8, 4) is 22.6 Å². The van der Waals surface area contributed by atoms with Gasteiger partial charge in [0.2, 0.25) is 5.95 Å². The molecule has 1 saturated carbocycles. The molecule has 0 spiro atoms. The molecule has 4 rings (SSSR count). The monoisotopic (exact) mass is 379 g/mol. The second-order valence-electron chi connectivity index (χ2n) is 7.08. The van der Waals surface area contributed by atoms with Gasteiger partial charge in [-0.05, 0) is 56.0 Å². The maximum absolute atomic E-state index is 13.4. The van der Waals surface area contributed by atoms with Crippen LogP contribution in [0, 0.1) is 11.7 Å². The SMILES string of the molecule is CNc1nccc(-c2c(-c3ccc(F)cc3)ncn2C2CCC(C=O)CC2)n1. The summed E-state index contributed by atoms with van der Waals surface area (Å²) in [6.07, 6.45) is 8.20. The molecular formula is C21H22FN5O. The van der Waals surface area contributed by atoms with Crippen molar-refractivity contribution in [1.29, 1.82) is 0 Å². The third-order valence-corrected chi connectivity index (χ3v) is 5.36. The molecule has 0 amide bonds. The Labute approximate surface area is 162 Å². The second kappa shape index (κ2) is 7.88. The normalized spacial score (nSPS) is 19.4. The molecule has 2 aromatic heterocycles. The highest BCUT2D eigenvalue weighted by molar-refractivity contribution is 5.77. The minimum Gasteiger partial charge on any atom is -0.357 e. The Kier molecular flexibility index (Phi) is 5.14. The van der Waals surface area contributed by atoms with Gasteiger partial charge < -0.3 is 14.7 Å². The highest BCUT2D eigenvalue weighted by atomic mass is 19.1. The van der Waals surface area contributed by atoms with E-state index < -0.39 is 0 Å². The summed E-state index contributed by atoms with van der Waals surface area (Å²) in [6.45, 7) is 0. The molecule has 0 unspecified atom stereocenters. The van der Waals surface area contributed by atoms with Gasteiger partial charge in [0.15, 0.2) is 0 Å². The molecule has 144 valence electrons. The van der Waals surface area contributed by atoms with Gasteiger partial charge >= 0.3 is 0 Å². The fourth-order valence-corrected chi connectivity index (χ4v) is 3.84. The zero-order valence-corrected chi connectivity index (χ0v) is 15.7. The van der Waals surface area contributed by atoms with E-state index in [1.165, 1.54) is 12.1 Å². The first kappa shape index (κ1) is 18.3. The lowest BCUT2D eigenvalue weighted by Crippen LogP contribution is -2.19. The van der Waals surface area contributed by atoms with Gasteiger partial charge in [-0.15, -0.1) is 0 Å². The summed E-state index contributed by atoms with van der Waals surface area (Å²) < 4.78 is 15.6. The first-order valence-corrected chi connectivity index (χ1v) is 9.49. The van der Waals surface area contributed by atoms with Crippen molar-refractivity contribution < 1.29 is 9.18 Å². The summed E-state index contributed by atoms with van der Waals surface area (Å²) in [6, 6.07) is 8.45. The van der Waals surface area contributed by atoms with Crippen LogP contribution in [-0.4, -0.2) is 32.9 Å². The standard InChI is InChI=1S/C21H22FN5O/c1-23-21-24-11-10-18(26-21)20-19(15-4-6-16(22)7-5-15)25-13-27(20)17-8-2-14(12-28)3-9-17/h4-7,10-14,17H,2-3,8-9H2,1H3,(H,23,24,26). The second-order valence-corrected chi connectivity index (χ2v) is 7.08. The average molecular weight is 379 g/mol. The van der Waals surface area contributed by atoms with Crippen LogP contribution in [0.25, 0.3) is 22.6 Å². The lowest BCUT2D eigenvalue weighted by Gasteiger charge is -2.28. The van der Waals surface area contributed by atoms with Crippen LogP contribution < -0.4 is 5.32 Å². The number of aromatic nitrogens is 4. The van der Waals surface area contributed by atoms with Gasteiger partial charge in [-0.3, -0.25) is 0 Å². The summed E-state index contributed by atoms with van der Waals surface area (Å²) >= 11 is 0. The Morgan fingerprint density at radius 1 is 1.11 bits per heavy atom. The lowest BCUT2D eigenvalue weighted by atomic mass is 9.86. The summed E-state index contributed by atoms with van der Waals surface area (Å²) in [5.41, 5.74) is 3.24. The largest absolute Gasteiger partial charge is 0.357 e. The van der Waals surface area contributed by atoms with E-state index in [9.17, 15) is 9.18 Å². The Morgan fingerprint density at radius 3 is 2.54 bits per heavy atom. The third-order valence-electron chi connectivity index (χ3n) is 5.36. The number of carbonyl (C=O) groups excluding carboxylic acids is 1. The predicted molar refractivity (Wildman–Crippen MR) is 105 cm³/mol. The van der Waals surface area contributed by atoms with E-state index in [4.69, 9.17) is 0 Å². The van der Waals surface area contributed by atoms with Crippen molar-refractivity contribution in [2.45, 2.75) is 31.7 Å². The van der Waals surface area contributed by atoms with E-state index in [2.05, 4.69) is 24.8 Å². The summed E-state index contributed by atoms with van der Waals surface area (Å²) in [4.78, 5) is 24.6. The van der Waals surface area contributed by atoms with E-state index in [1.54, 1.807) is 25.4 Å². The molecule has 0 bridgehead atoms. The van der Waals surface area contributed by atoms with Crippen LogP contribution in [0.1, 0.15) is 31.7 Å². The molecule has 6 nitrogen and oxygen atoms in total. The number of nitrogens with one attached hydrogen (secondary N) is 1. The van der Waals surface area contributed by atoms with Crippen molar-refractivity contribution in [2.75, 3.05) is 12.4 Å². The van der Waals surface area contributed by atoms with Crippen LogP contribution >= 0.6 is 0 Å². The number of hydrogen-bond donors (Lipinski definition) is 1. The van der Waals surface area contributed by atoms with Crippen LogP contribution in [0.4, 0.5) is 10.3 Å². The zero-order valence-electron chi connectivity index (χ0n) is 15.7.